The Balaban J connectivity index is 2.47. The minimum atomic E-state index is -1.03. The average molecular weight is 865 g/mol. The predicted molar refractivity (Wildman–Crippen MR) is 201 cm³/mol. The summed E-state index contributed by atoms with van der Waals surface area (Å²) in [6.45, 7) is 0.912. The summed E-state index contributed by atoms with van der Waals surface area (Å²) in [5, 5.41) is 0. The first-order chi connectivity index (χ1) is 28.9. The Bertz CT molecular complexity index is 1860. The molecule has 2 rings (SSSR count). The molecule has 0 fully saturated rings. The number of hydrogen-bond acceptors (Lipinski definition) is 23. The number of benzene rings is 2. The number of aryl methyl sites for hydroxylation is 1. The first-order valence-electron chi connectivity index (χ1n) is 17.7. The summed E-state index contributed by atoms with van der Waals surface area (Å²) in [5.74, 6) is -8.02. The Morgan fingerprint density at radius 3 is 1.21 bits per heavy atom. The summed E-state index contributed by atoms with van der Waals surface area (Å²) in [6, 6.07) is 6.99. The minimum absolute atomic E-state index is 0.107. The fraction of sp³-hybridized carbons (Fsp3) is 0.421. The minimum Gasteiger partial charge on any atom is -0.488 e. The monoisotopic (exact) mass is 864 g/mol. The van der Waals surface area contributed by atoms with E-state index in [1.807, 2.05) is 0 Å². The Hall–Kier alpha value is -7.46. The van der Waals surface area contributed by atoms with Crippen molar-refractivity contribution in [1.82, 2.24) is 0 Å². The average Bonchev–Trinajstić information content (AvgIpc) is 3.15. The van der Waals surface area contributed by atoms with Crippen molar-refractivity contribution in [1.29, 1.82) is 0 Å². The molecule has 0 spiro atoms. The first-order valence-corrected chi connectivity index (χ1v) is 17.7. The van der Waals surface area contributed by atoms with Crippen LogP contribution in [-0.4, -0.2) is 127 Å². The van der Waals surface area contributed by atoms with Crippen LogP contribution in [0.1, 0.15) is 50.5 Å². The van der Waals surface area contributed by atoms with E-state index < -0.39 is 107 Å². The van der Waals surface area contributed by atoms with Crippen molar-refractivity contribution in [3.8, 4) is 17.2 Å². The van der Waals surface area contributed by atoms with Gasteiger partial charge in [-0.15, -0.1) is 0 Å². The molecule has 0 saturated carbocycles. The quantitative estimate of drug-likeness (QED) is 0.0337. The molecule has 23 heteroatoms. The number of ether oxygens (including phenoxy) is 11. The predicted octanol–water partition coefficient (Wildman–Crippen LogP) is 1.06. The molecular weight excluding hydrogens is 820 g/mol. The van der Waals surface area contributed by atoms with E-state index in [1.54, 1.807) is 19.1 Å². The second kappa shape index (κ2) is 25.8. The van der Waals surface area contributed by atoms with Crippen LogP contribution in [0.15, 0.2) is 30.3 Å². The van der Waals surface area contributed by atoms with Crippen molar-refractivity contribution in [3.63, 3.8) is 0 Å². The molecule has 0 aliphatic rings. The van der Waals surface area contributed by atoms with Crippen LogP contribution in [0, 0.1) is 6.92 Å². The van der Waals surface area contributed by atoms with Gasteiger partial charge in [0.15, 0.2) is 6.29 Å². The summed E-state index contributed by atoms with van der Waals surface area (Å²) in [7, 11) is 0. The van der Waals surface area contributed by atoms with Gasteiger partial charge < -0.3 is 61.9 Å². The molecule has 0 aliphatic carbocycles. The number of carbonyl (C=O) groups is 10. The number of nitrogens with zero attached hydrogens (tertiary/aromatic N) is 2. The van der Waals surface area contributed by atoms with Gasteiger partial charge in [0.2, 0.25) is 27.2 Å². The van der Waals surface area contributed by atoms with Crippen LogP contribution in [0.4, 0.5) is 11.4 Å². The molecule has 2 aromatic carbocycles. The lowest BCUT2D eigenvalue weighted by Gasteiger charge is -2.26. The van der Waals surface area contributed by atoms with Crippen LogP contribution in [0.5, 0.6) is 17.2 Å². The Morgan fingerprint density at radius 1 is 0.475 bits per heavy atom. The maximum Gasteiger partial charge on any atom is 0.328 e. The van der Waals surface area contributed by atoms with Crippen LogP contribution in [0.2, 0.25) is 0 Å². The van der Waals surface area contributed by atoms with Gasteiger partial charge in [-0.05, 0) is 30.7 Å². The van der Waals surface area contributed by atoms with E-state index in [-0.39, 0.29) is 47.4 Å². The van der Waals surface area contributed by atoms with Gasteiger partial charge >= 0.3 is 53.7 Å². The molecule has 0 bridgehead atoms. The third-order valence-electron chi connectivity index (χ3n) is 7.08. The topological polar surface area (TPSA) is 279 Å². The second-order valence-corrected chi connectivity index (χ2v) is 12.0. The number of anilines is 2. The molecule has 61 heavy (non-hydrogen) atoms. The Kier molecular flexibility index (Phi) is 21.0. The summed E-state index contributed by atoms with van der Waals surface area (Å²) in [4.78, 5) is 122. The lowest BCUT2D eigenvalue weighted by Crippen LogP contribution is -2.37. The fourth-order valence-corrected chi connectivity index (χ4v) is 4.54. The lowest BCUT2D eigenvalue weighted by molar-refractivity contribution is -0.167. The van der Waals surface area contributed by atoms with Crippen LogP contribution in [0.25, 0.3) is 0 Å². The molecule has 332 valence electrons. The number of rotatable bonds is 25. The second-order valence-electron chi connectivity index (χ2n) is 12.0. The molecule has 0 amide bonds. The van der Waals surface area contributed by atoms with Gasteiger partial charge in [-0.25, -0.2) is 0 Å². The molecule has 2 aromatic rings. The van der Waals surface area contributed by atoms with E-state index in [2.05, 4.69) is 18.9 Å². The molecule has 0 unspecified atom stereocenters. The van der Waals surface area contributed by atoms with Gasteiger partial charge in [0.1, 0.15) is 56.6 Å². The standard InChI is InChI=1S/C38H44N2O21/c1-23-7-8-30(39(14-35(47)57-19-53-24(2)42)15-36(48)58-20-54-25(3)43)33(11-23)51-9-10-52-34-12-29(18-41)32(61-28(6)46)13-31(34)40(16-37(49)59-21-55-26(4)44)17-38(50)60-22-56-27(5)45/h7-8,11-13,18H,9-10,14-17,19-22H2,1-6H3. The molecule has 0 saturated heterocycles. The Morgan fingerprint density at radius 2 is 0.852 bits per heavy atom. The summed E-state index contributed by atoms with van der Waals surface area (Å²) in [6.07, 6.45) is 0.346. The smallest absolute Gasteiger partial charge is 0.328 e. The number of hydrogen-bond donors (Lipinski definition) is 0. The number of aldehydes is 1. The van der Waals surface area contributed by atoms with Crippen LogP contribution in [0.3, 0.4) is 0 Å². The lowest BCUT2D eigenvalue weighted by atomic mass is 10.1. The van der Waals surface area contributed by atoms with Crippen molar-refractivity contribution < 1.29 is 100 Å². The summed E-state index contributed by atoms with van der Waals surface area (Å²) in [5.41, 5.74) is 0.519. The highest BCUT2D eigenvalue weighted by atomic mass is 16.7. The normalized spacial score (nSPS) is 10.1. The number of carbonyl (C=O) groups excluding carboxylic acids is 10. The molecule has 0 aromatic heterocycles. The van der Waals surface area contributed by atoms with Gasteiger partial charge in [-0.3, -0.25) is 47.9 Å². The van der Waals surface area contributed by atoms with E-state index >= 15 is 0 Å². The van der Waals surface area contributed by atoms with Crippen molar-refractivity contribution in [2.45, 2.75) is 41.5 Å². The van der Waals surface area contributed by atoms with Crippen molar-refractivity contribution >= 4 is 71.4 Å². The maximum absolute atomic E-state index is 12.8. The maximum atomic E-state index is 12.8. The van der Waals surface area contributed by atoms with E-state index in [1.165, 1.54) is 11.0 Å². The molecule has 23 nitrogen and oxygen atoms in total. The van der Waals surface area contributed by atoms with Crippen LogP contribution in [-0.2, 0) is 81.0 Å². The number of esters is 9. The van der Waals surface area contributed by atoms with E-state index in [4.69, 9.17) is 33.2 Å². The summed E-state index contributed by atoms with van der Waals surface area (Å²) < 4.78 is 55.4. The van der Waals surface area contributed by atoms with Gasteiger partial charge in [-0.2, -0.15) is 0 Å². The largest absolute Gasteiger partial charge is 0.488 e. The third kappa shape index (κ3) is 19.7. The van der Waals surface area contributed by atoms with Gasteiger partial charge in [0.05, 0.1) is 16.9 Å². The van der Waals surface area contributed by atoms with E-state index in [0.29, 0.717) is 11.8 Å². The Labute approximate surface area is 347 Å². The van der Waals surface area contributed by atoms with Crippen molar-refractivity contribution in [2.24, 2.45) is 0 Å². The first kappa shape index (κ1) is 49.7. The van der Waals surface area contributed by atoms with Gasteiger partial charge in [0.25, 0.3) is 0 Å². The zero-order valence-electron chi connectivity index (χ0n) is 34.0. The van der Waals surface area contributed by atoms with E-state index in [0.717, 1.165) is 51.7 Å². The summed E-state index contributed by atoms with van der Waals surface area (Å²) >= 11 is 0. The highest BCUT2D eigenvalue weighted by Gasteiger charge is 2.25. The zero-order chi connectivity index (χ0) is 45.5. The fourth-order valence-electron chi connectivity index (χ4n) is 4.54. The molecule has 0 radical (unpaired) electrons. The van der Waals surface area contributed by atoms with Crippen LogP contribution >= 0.6 is 0 Å². The molecule has 0 N–H and O–H groups in total. The molecular formula is C38H44N2O21. The highest BCUT2D eigenvalue weighted by molar-refractivity contribution is 5.88. The highest BCUT2D eigenvalue weighted by Crippen LogP contribution is 2.36. The van der Waals surface area contributed by atoms with Gasteiger partial charge in [0, 0.05) is 40.7 Å². The third-order valence-corrected chi connectivity index (χ3v) is 7.08. The molecule has 0 atom stereocenters. The van der Waals surface area contributed by atoms with Crippen molar-refractivity contribution in [2.75, 3.05) is 76.4 Å². The van der Waals surface area contributed by atoms with Crippen LogP contribution < -0.4 is 24.0 Å². The molecule has 0 aliphatic heterocycles. The van der Waals surface area contributed by atoms with Crippen molar-refractivity contribution in [3.05, 3.63) is 41.5 Å². The molecule has 0 heterocycles. The zero-order valence-corrected chi connectivity index (χ0v) is 34.0. The SMILES string of the molecule is CC(=O)OCOC(=O)CN(CC(=O)OCOC(C)=O)c1ccc(C)cc1OCCOc1cc(C=O)c(OC(C)=O)cc1N(CC(=O)OCOC(C)=O)CC(=O)OCOC(C)=O. The van der Waals surface area contributed by atoms with E-state index in [9.17, 15) is 47.9 Å². The van der Waals surface area contributed by atoms with Gasteiger partial charge in [-0.1, -0.05) is 6.07 Å².